The van der Waals surface area contributed by atoms with Gasteiger partial charge in [-0.25, -0.2) is 0 Å². The Morgan fingerprint density at radius 2 is 1.00 bits per heavy atom. The zero-order valence-electron chi connectivity index (χ0n) is 27.5. The molecule has 0 radical (unpaired) electrons. The molecule has 0 saturated carbocycles. The van der Waals surface area contributed by atoms with Crippen LogP contribution >= 0.6 is 0 Å². The van der Waals surface area contributed by atoms with Crippen LogP contribution in [0.3, 0.4) is 0 Å². The van der Waals surface area contributed by atoms with E-state index < -0.39 is 5.41 Å². The van der Waals surface area contributed by atoms with E-state index in [-0.39, 0.29) is 0 Å². The standard InChI is InChI=1S/C47H28N4/c1-2-12-32-29(11-1)25-26-50-45(48-49-46(32)50)30-21-23-35-36-24-22-31(51-43-19-9-5-15-37(43)38-16-6-10-20-44(38)51)28-42(36)47(41(35)27-30)39-17-7-3-13-33(39)34-14-4-8-18-40(34)47/h1-28H. The van der Waals surface area contributed by atoms with E-state index in [1.165, 1.54) is 66.3 Å². The van der Waals surface area contributed by atoms with Crippen LogP contribution in [0.2, 0.25) is 0 Å². The molecule has 3 aromatic heterocycles. The molecular weight excluding hydrogens is 621 g/mol. The van der Waals surface area contributed by atoms with Crippen molar-refractivity contribution < 1.29 is 0 Å². The van der Waals surface area contributed by atoms with Crippen molar-refractivity contribution in [2.45, 2.75) is 5.41 Å². The Bertz CT molecular complexity index is 3010. The molecule has 1 spiro atoms. The summed E-state index contributed by atoms with van der Waals surface area (Å²) in [6, 6.07) is 60.1. The second kappa shape index (κ2) is 9.68. The van der Waals surface area contributed by atoms with E-state index in [1.54, 1.807) is 0 Å². The fourth-order valence-electron chi connectivity index (χ4n) is 9.42. The molecule has 7 aromatic carbocycles. The van der Waals surface area contributed by atoms with Gasteiger partial charge in [-0.15, -0.1) is 10.2 Å². The quantitative estimate of drug-likeness (QED) is 0.187. The number of aromatic nitrogens is 4. The van der Waals surface area contributed by atoms with Gasteiger partial charge in [0.25, 0.3) is 0 Å². The normalized spacial score (nSPS) is 13.6. The van der Waals surface area contributed by atoms with E-state index in [1.807, 2.05) is 0 Å². The average molecular weight is 649 g/mol. The maximum atomic E-state index is 4.81. The molecule has 0 fully saturated rings. The van der Waals surface area contributed by atoms with Crippen LogP contribution in [0.15, 0.2) is 170 Å². The molecule has 4 nitrogen and oxygen atoms in total. The summed E-state index contributed by atoms with van der Waals surface area (Å²) in [6.07, 6.45) is 2.10. The Hall–Kier alpha value is -6.78. The Morgan fingerprint density at radius 3 is 1.73 bits per heavy atom. The van der Waals surface area contributed by atoms with Gasteiger partial charge in [0.1, 0.15) is 0 Å². The first-order valence-corrected chi connectivity index (χ1v) is 17.5. The highest BCUT2D eigenvalue weighted by Crippen LogP contribution is 2.63. The highest BCUT2D eigenvalue weighted by atomic mass is 15.2. The van der Waals surface area contributed by atoms with Crippen molar-refractivity contribution in [2.24, 2.45) is 0 Å². The van der Waals surface area contributed by atoms with Crippen LogP contribution in [0.5, 0.6) is 0 Å². The molecule has 4 heteroatoms. The van der Waals surface area contributed by atoms with Crippen LogP contribution in [0.25, 0.3) is 77.6 Å². The molecule has 10 aromatic rings. The zero-order valence-corrected chi connectivity index (χ0v) is 27.5. The van der Waals surface area contributed by atoms with Crippen LogP contribution in [-0.4, -0.2) is 19.2 Å². The molecule has 3 heterocycles. The summed E-state index contributed by atoms with van der Waals surface area (Å²) in [5.74, 6) is 0.843. The lowest BCUT2D eigenvalue weighted by atomic mass is 9.70. The van der Waals surface area contributed by atoms with Gasteiger partial charge in [-0.2, -0.15) is 0 Å². The van der Waals surface area contributed by atoms with Gasteiger partial charge in [-0.3, -0.25) is 4.40 Å². The van der Waals surface area contributed by atoms with E-state index in [9.17, 15) is 0 Å². The summed E-state index contributed by atoms with van der Waals surface area (Å²) < 4.78 is 4.57. The number of nitrogens with zero attached hydrogens (tertiary/aromatic N) is 4. The third-order valence-electron chi connectivity index (χ3n) is 11.5. The fourth-order valence-corrected chi connectivity index (χ4v) is 9.42. The monoisotopic (exact) mass is 648 g/mol. The third-order valence-corrected chi connectivity index (χ3v) is 11.5. The SMILES string of the molecule is c1ccc2c(c1)-c1ccccc1C21c2cc(-c3nnc4c5ccccc5ccn34)ccc2-c2ccc(-n3c4ccccc4c4ccccc43)cc21. The molecule has 2 aliphatic rings. The first-order valence-electron chi connectivity index (χ1n) is 17.5. The minimum absolute atomic E-state index is 0.504. The van der Waals surface area contributed by atoms with E-state index in [4.69, 9.17) is 10.2 Å². The van der Waals surface area contributed by atoms with Crippen molar-refractivity contribution in [1.82, 2.24) is 19.2 Å². The minimum Gasteiger partial charge on any atom is -0.309 e. The summed E-state index contributed by atoms with van der Waals surface area (Å²) in [6.45, 7) is 0. The van der Waals surface area contributed by atoms with Crippen molar-refractivity contribution in [3.05, 3.63) is 192 Å². The maximum Gasteiger partial charge on any atom is 0.168 e. The van der Waals surface area contributed by atoms with Crippen molar-refractivity contribution in [3.8, 4) is 39.3 Å². The molecule has 0 saturated heterocycles. The predicted molar refractivity (Wildman–Crippen MR) is 207 cm³/mol. The molecule has 0 aliphatic heterocycles. The van der Waals surface area contributed by atoms with Crippen molar-refractivity contribution in [2.75, 3.05) is 0 Å². The average Bonchev–Trinajstić information content (AvgIpc) is 3.93. The van der Waals surface area contributed by atoms with Gasteiger partial charge in [-0.05, 0) is 86.3 Å². The third kappa shape index (κ3) is 3.34. The second-order valence-electron chi connectivity index (χ2n) is 13.8. The van der Waals surface area contributed by atoms with Crippen LogP contribution < -0.4 is 0 Å². The number of hydrogen-bond acceptors (Lipinski definition) is 2. The van der Waals surface area contributed by atoms with Gasteiger partial charge in [0.05, 0.1) is 16.4 Å². The molecule has 0 bridgehead atoms. The molecule has 236 valence electrons. The van der Waals surface area contributed by atoms with Crippen molar-refractivity contribution in [1.29, 1.82) is 0 Å². The number of benzene rings is 7. The Kier molecular flexibility index (Phi) is 5.14. The number of fused-ring (bicyclic) bond motifs is 16. The lowest BCUT2D eigenvalue weighted by Gasteiger charge is -2.31. The summed E-state index contributed by atoms with van der Waals surface area (Å²) in [7, 11) is 0. The molecule has 0 N–H and O–H groups in total. The van der Waals surface area contributed by atoms with Crippen molar-refractivity contribution in [3.63, 3.8) is 0 Å². The molecular formula is C47H28N4. The molecule has 0 unspecified atom stereocenters. The highest BCUT2D eigenvalue weighted by molar-refractivity contribution is 6.09. The lowest BCUT2D eigenvalue weighted by molar-refractivity contribution is 0.792. The highest BCUT2D eigenvalue weighted by Gasteiger charge is 2.52. The summed E-state index contributed by atoms with van der Waals surface area (Å²) in [5.41, 5.74) is 15.3. The fraction of sp³-hybridized carbons (Fsp3) is 0.0213. The first kappa shape index (κ1) is 27.1. The zero-order chi connectivity index (χ0) is 33.3. The Labute approximate surface area is 293 Å². The topological polar surface area (TPSA) is 35.1 Å². The van der Waals surface area contributed by atoms with Crippen molar-refractivity contribution >= 4 is 38.2 Å². The van der Waals surface area contributed by atoms with E-state index >= 15 is 0 Å². The van der Waals surface area contributed by atoms with E-state index in [2.05, 4.69) is 179 Å². The Balaban J connectivity index is 1.16. The van der Waals surface area contributed by atoms with Gasteiger partial charge in [0.15, 0.2) is 11.5 Å². The molecule has 12 rings (SSSR count). The minimum atomic E-state index is -0.504. The maximum absolute atomic E-state index is 4.81. The van der Waals surface area contributed by atoms with Crippen LogP contribution in [-0.2, 0) is 5.41 Å². The number of pyridine rings is 1. The summed E-state index contributed by atoms with van der Waals surface area (Å²) >= 11 is 0. The first-order chi connectivity index (χ1) is 25.3. The molecule has 0 atom stereocenters. The molecule has 51 heavy (non-hydrogen) atoms. The van der Waals surface area contributed by atoms with Crippen LogP contribution in [0.4, 0.5) is 0 Å². The Morgan fingerprint density at radius 1 is 0.431 bits per heavy atom. The van der Waals surface area contributed by atoms with Gasteiger partial charge < -0.3 is 4.57 Å². The smallest absolute Gasteiger partial charge is 0.168 e. The van der Waals surface area contributed by atoms with Gasteiger partial charge >= 0.3 is 0 Å². The predicted octanol–water partition coefficient (Wildman–Crippen LogP) is 11.0. The van der Waals surface area contributed by atoms with E-state index in [0.717, 1.165) is 33.5 Å². The lowest BCUT2D eigenvalue weighted by Crippen LogP contribution is -2.26. The summed E-state index contributed by atoms with van der Waals surface area (Å²) in [4.78, 5) is 0. The number of hydrogen-bond donors (Lipinski definition) is 0. The summed E-state index contributed by atoms with van der Waals surface area (Å²) in [5, 5.41) is 14.3. The van der Waals surface area contributed by atoms with Crippen LogP contribution in [0.1, 0.15) is 22.3 Å². The number of para-hydroxylation sites is 2. The molecule has 2 aliphatic carbocycles. The number of rotatable bonds is 2. The van der Waals surface area contributed by atoms with E-state index in [0.29, 0.717) is 0 Å². The van der Waals surface area contributed by atoms with Gasteiger partial charge in [-0.1, -0.05) is 127 Å². The second-order valence-corrected chi connectivity index (χ2v) is 13.8. The van der Waals surface area contributed by atoms with Crippen LogP contribution in [0, 0.1) is 0 Å². The van der Waals surface area contributed by atoms with Gasteiger partial charge in [0, 0.05) is 33.6 Å². The largest absolute Gasteiger partial charge is 0.309 e. The van der Waals surface area contributed by atoms with Gasteiger partial charge in [0.2, 0.25) is 0 Å². The molecule has 0 amide bonds.